The molecule has 0 saturated heterocycles. The van der Waals surface area contributed by atoms with Gasteiger partial charge >= 0.3 is 5.97 Å². The fourth-order valence-electron chi connectivity index (χ4n) is 2.03. The van der Waals surface area contributed by atoms with Crippen molar-refractivity contribution in [3.63, 3.8) is 0 Å². The number of aromatic hydroxyl groups is 1. The Morgan fingerprint density at radius 3 is 2.83 bits per heavy atom. The number of hydrogen-bond acceptors (Lipinski definition) is 4. The zero-order chi connectivity index (χ0) is 13.1. The Hall–Kier alpha value is -2.23. The van der Waals surface area contributed by atoms with Crippen molar-refractivity contribution in [2.75, 3.05) is 12.8 Å². The van der Waals surface area contributed by atoms with Gasteiger partial charge in [0.2, 0.25) is 0 Å². The predicted octanol–water partition coefficient (Wildman–Crippen LogP) is 2.36. The molecule has 4 nitrogen and oxygen atoms in total. The normalized spacial score (nSPS) is 17.7. The molecule has 94 valence electrons. The van der Waals surface area contributed by atoms with E-state index in [-0.39, 0.29) is 17.2 Å². The number of methoxy groups -OCH3 is 1. The van der Waals surface area contributed by atoms with Crippen LogP contribution in [0, 0.1) is 0 Å². The third-order valence-corrected chi connectivity index (χ3v) is 2.99. The molecule has 18 heavy (non-hydrogen) atoms. The van der Waals surface area contributed by atoms with Gasteiger partial charge in [-0.3, -0.25) is 0 Å². The van der Waals surface area contributed by atoms with Crippen LogP contribution in [-0.4, -0.2) is 18.2 Å². The molecule has 1 atom stereocenters. The quantitative estimate of drug-likeness (QED) is 0.619. The summed E-state index contributed by atoms with van der Waals surface area (Å²) in [6.07, 6.45) is 8.79. The van der Waals surface area contributed by atoms with Crippen LogP contribution in [-0.2, 0) is 4.74 Å². The molecule has 1 aliphatic rings. The fraction of sp³-hybridized carbons (Fsp3) is 0.214. The summed E-state index contributed by atoms with van der Waals surface area (Å²) >= 11 is 0. The van der Waals surface area contributed by atoms with Crippen LogP contribution < -0.4 is 5.73 Å². The average Bonchev–Trinajstić information content (AvgIpc) is 2.39. The second-order valence-corrected chi connectivity index (χ2v) is 4.15. The minimum atomic E-state index is -0.566. The summed E-state index contributed by atoms with van der Waals surface area (Å²) in [6, 6.07) is 3.00. The minimum absolute atomic E-state index is 0.124. The largest absolute Gasteiger partial charge is 0.507 e. The van der Waals surface area contributed by atoms with Crippen molar-refractivity contribution < 1.29 is 14.6 Å². The third-order valence-electron chi connectivity index (χ3n) is 2.99. The van der Waals surface area contributed by atoms with Crippen LogP contribution in [0.2, 0.25) is 0 Å². The number of allylic oxidation sites excluding steroid dienone is 4. The number of nitrogen functional groups attached to an aromatic ring is 1. The number of phenolic OH excluding ortho intramolecular Hbond substituents is 1. The number of phenols is 1. The highest BCUT2D eigenvalue weighted by molar-refractivity contribution is 5.93. The Balaban J connectivity index is 2.44. The first-order valence-corrected chi connectivity index (χ1v) is 5.67. The summed E-state index contributed by atoms with van der Waals surface area (Å²) in [5, 5.41) is 9.70. The number of benzene rings is 1. The van der Waals surface area contributed by atoms with Gasteiger partial charge in [-0.2, -0.15) is 0 Å². The van der Waals surface area contributed by atoms with E-state index < -0.39 is 5.97 Å². The lowest BCUT2D eigenvalue weighted by molar-refractivity contribution is 0.0597. The summed E-state index contributed by atoms with van der Waals surface area (Å²) in [7, 11) is 1.28. The van der Waals surface area contributed by atoms with E-state index in [9.17, 15) is 9.90 Å². The Morgan fingerprint density at radius 1 is 1.44 bits per heavy atom. The number of nitrogens with two attached hydrogens (primary N) is 1. The van der Waals surface area contributed by atoms with Crippen molar-refractivity contribution in [1.29, 1.82) is 0 Å². The lowest BCUT2D eigenvalue weighted by Gasteiger charge is -2.17. The number of rotatable bonds is 2. The van der Waals surface area contributed by atoms with Crippen LogP contribution in [0.25, 0.3) is 0 Å². The third kappa shape index (κ3) is 2.22. The Morgan fingerprint density at radius 2 is 2.22 bits per heavy atom. The molecule has 0 unspecified atom stereocenters. The molecular formula is C14H15NO3. The first-order chi connectivity index (χ1) is 8.63. The van der Waals surface area contributed by atoms with Gasteiger partial charge in [0.15, 0.2) is 0 Å². The highest BCUT2D eigenvalue weighted by Gasteiger charge is 2.18. The van der Waals surface area contributed by atoms with Crippen LogP contribution in [0.5, 0.6) is 5.75 Å². The van der Waals surface area contributed by atoms with Gasteiger partial charge in [0.1, 0.15) is 11.3 Å². The Kier molecular flexibility index (Phi) is 3.37. The van der Waals surface area contributed by atoms with Crippen molar-refractivity contribution in [2.24, 2.45) is 0 Å². The van der Waals surface area contributed by atoms with Crippen LogP contribution in [0.3, 0.4) is 0 Å². The number of anilines is 1. The van der Waals surface area contributed by atoms with E-state index in [0.29, 0.717) is 5.69 Å². The van der Waals surface area contributed by atoms with Gasteiger partial charge in [-0.1, -0.05) is 24.3 Å². The lowest BCUT2D eigenvalue weighted by Crippen LogP contribution is -2.07. The molecule has 2 rings (SSSR count). The first kappa shape index (κ1) is 12.2. The zero-order valence-electron chi connectivity index (χ0n) is 10.1. The molecule has 0 spiro atoms. The SMILES string of the molecule is COC(=O)c1cc([C@@H]2C=CC=CC2)c(N)cc1O. The number of carbonyl (C=O) groups excluding carboxylic acids is 1. The molecule has 0 radical (unpaired) electrons. The van der Waals surface area contributed by atoms with Crippen LogP contribution >= 0.6 is 0 Å². The molecular weight excluding hydrogens is 230 g/mol. The van der Waals surface area contributed by atoms with Gasteiger partial charge in [0.05, 0.1) is 7.11 Å². The molecule has 4 heteroatoms. The zero-order valence-corrected chi connectivity index (χ0v) is 10.1. The smallest absolute Gasteiger partial charge is 0.341 e. The number of carbonyl (C=O) groups is 1. The minimum Gasteiger partial charge on any atom is -0.507 e. The molecule has 1 aromatic carbocycles. The Bertz CT molecular complexity index is 532. The summed E-state index contributed by atoms with van der Waals surface area (Å²) in [5.74, 6) is -0.596. The van der Waals surface area contributed by atoms with E-state index in [4.69, 9.17) is 5.73 Å². The van der Waals surface area contributed by atoms with Crippen molar-refractivity contribution >= 4 is 11.7 Å². The molecule has 1 aromatic rings. The highest BCUT2D eigenvalue weighted by Crippen LogP contribution is 2.33. The van der Waals surface area contributed by atoms with Crippen molar-refractivity contribution in [3.05, 3.63) is 47.6 Å². The average molecular weight is 245 g/mol. The maximum atomic E-state index is 11.5. The Labute approximate surface area is 105 Å². The molecule has 0 aliphatic heterocycles. The van der Waals surface area contributed by atoms with E-state index in [2.05, 4.69) is 4.74 Å². The van der Waals surface area contributed by atoms with E-state index in [1.165, 1.54) is 13.2 Å². The molecule has 1 aliphatic carbocycles. The summed E-state index contributed by atoms with van der Waals surface area (Å²) < 4.78 is 4.63. The molecule has 0 bridgehead atoms. The van der Waals surface area contributed by atoms with Crippen LogP contribution in [0.1, 0.15) is 28.3 Å². The molecule has 3 N–H and O–H groups in total. The fourth-order valence-corrected chi connectivity index (χ4v) is 2.03. The monoisotopic (exact) mass is 245 g/mol. The van der Waals surface area contributed by atoms with Crippen molar-refractivity contribution in [1.82, 2.24) is 0 Å². The van der Waals surface area contributed by atoms with E-state index in [0.717, 1.165) is 12.0 Å². The first-order valence-electron chi connectivity index (χ1n) is 5.67. The molecule has 0 heterocycles. The van der Waals surface area contributed by atoms with Crippen LogP contribution in [0.4, 0.5) is 5.69 Å². The highest BCUT2D eigenvalue weighted by atomic mass is 16.5. The van der Waals surface area contributed by atoms with E-state index in [1.54, 1.807) is 6.07 Å². The number of esters is 1. The van der Waals surface area contributed by atoms with Crippen molar-refractivity contribution in [3.8, 4) is 5.75 Å². The maximum absolute atomic E-state index is 11.5. The second kappa shape index (κ2) is 4.96. The molecule has 0 saturated carbocycles. The summed E-state index contributed by atoms with van der Waals surface area (Å²) in [5.41, 5.74) is 7.34. The molecule has 0 aromatic heterocycles. The summed E-state index contributed by atoms with van der Waals surface area (Å²) in [6.45, 7) is 0. The van der Waals surface area contributed by atoms with Gasteiger partial charge in [0.25, 0.3) is 0 Å². The number of ether oxygens (including phenoxy) is 1. The van der Waals surface area contributed by atoms with E-state index >= 15 is 0 Å². The van der Waals surface area contributed by atoms with Crippen molar-refractivity contribution in [2.45, 2.75) is 12.3 Å². The van der Waals surface area contributed by atoms with Gasteiger partial charge in [-0.05, 0) is 18.1 Å². The molecule has 0 fully saturated rings. The van der Waals surface area contributed by atoms with Gasteiger partial charge < -0.3 is 15.6 Å². The summed E-state index contributed by atoms with van der Waals surface area (Å²) in [4.78, 5) is 11.5. The lowest BCUT2D eigenvalue weighted by atomic mass is 9.90. The second-order valence-electron chi connectivity index (χ2n) is 4.15. The number of hydrogen-bond donors (Lipinski definition) is 2. The maximum Gasteiger partial charge on any atom is 0.341 e. The topological polar surface area (TPSA) is 72.5 Å². The van der Waals surface area contributed by atoms with Gasteiger partial charge in [0, 0.05) is 17.7 Å². The molecule has 0 amide bonds. The standard InChI is InChI=1S/C14H15NO3/c1-18-14(17)11-7-10(12(15)8-13(11)16)9-5-3-2-4-6-9/h2-5,7-9,16H,6,15H2,1H3/t9-/m1/s1. The van der Waals surface area contributed by atoms with Gasteiger partial charge in [-0.15, -0.1) is 0 Å². The van der Waals surface area contributed by atoms with E-state index in [1.807, 2.05) is 24.3 Å². The van der Waals surface area contributed by atoms with Crippen LogP contribution in [0.15, 0.2) is 36.4 Å². The van der Waals surface area contributed by atoms with Gasteiger partial charge in [-0.25, -0.2) is 4.79 Å². The predicted molar refractivity (Wildman–Crippen MR) is 69.5 cm³/mol.